The van der Waals surface area contributed by atoms with Crippen LogP contribution in [0, 0.1) is 5.92 Å². The fraction of sp³-hybridized carbons (Fsp3) is 0.611. The summed E-state index contributed by atoms with van der Waals surface area (Å²) in [5, 5.41) is 0.740. The summed E-state index contributed by atoms with van der Waals surface area (Å²) in [5.41, 5.74) is 2.18. The quantitative estimate of drug-likeness (QED) is 0.759. The highest BCUT2D eigenvalue weighted by Crippen LogP contribution is 2.46. The minimum absolute atomic E-state index is 0.122. The molecule has 0 saturated carbocycles. The topological polar surface area (TPSA) is 29.5 Å². The van der Waals surface area contributed by atoms with Gasteiger partial charge in [-0.05, 0) is 55.9 Å². The van der Waals surface area contributed by atoms with E-state index in [4.69, 9.17) is 16.3 Å². The number of esters is 1. The number of fused-ring (bicyclic) bond motifs is 1. The molecule has 0 aromatic heterocycles. The molecule has 1 aliphatic rings. The Bertz CT molecular complexity index is 568. The van der Waals surface area contributed by atoms with E-state index in [1.807, 2.05) is 18.2 Å². The molecule has 122 valence electrons. The Labute approximate surface area is 138 Å². The van der Waals surface area contributed by atoms with Crippen LogP contribution in [0.25, 0.3) is 0 Å². The van der Waals surface area contributed by atoms with E-state index in [1.54, 1.807) is 0 Å². The van der Waals surface area contributed by atoms with Gasteiger partial charge in [-0.2, -0.15) is 0 Å². The van der Waals surface area contributed by atoms with Crippen molar-refractivity contribution in [2.24, 2.45) is 5.92 Å². The lowest BCUT2D eigenvalue weighted by Crippen LogP contribution is -2.58. The molecule has 4 heteroatoms. The van der Waals surface area contributed by atoms with Crippen LogP contribution in [0.4, 0.5) is 5.69 Å². The van der Waals surface area contributed by atoms with Gasteiger partial charge in [0, 0.05) is 16.2 Å². The third-order valence-corrected chi connectivity index (χ3v) is 4.83. The smallest absolute Gasteiger partial charge is 0.328 e. The predicted molar refractivity (Wildman–Crippen MR) is 91.7 cm³/mol. The minimum atomic E-state index is -0.299. The van der Waals surface area contributed by atoms with Crippen LogP contribution in [-0.2, 0) is 9.53 Å². The number of nitrogens with zero attached hydrogens (tertiary/aromatic N) is 1. The lowest BCUT2D eigenvalue weighted by atomic mass is 9.78. The van der Waals surface area contributed by atoms with Crippen molar-refractivity contribution in [3.63, 3.8) is 0 Å². The Morgan fingerprint density at radius 1 is 1.41 bits per heavy atom. The van der Waals surface area contributed by atoms with Crippen molar-refractivity contribution < 1.29 is 9.53 Å². The van der Waals surface area contributed by atoms with Gasteiger partial charge in [-0.3, -0.25) is 0 Å². The Morgan fingerprint density at radius 2 is 2.05 bits per heavy atom. The van der Waals surface area contributed by atoms with Gasteiger partial charge in [0.1, 0.15) is 6.04 Å². The second kappa shape index (κ2) is 6.11. The maximum atomic E-state index is 12.4. The fourth-order valence-electron chi connectivity index (χ4n) is 3.75. The van der Waals surface area contributed by atoms with E-state index in [0.29, 0.717) is 5.92 Å². The first-order valence-corrected chi connectivity index (χ1v) is 8.23. The number of carbonyl (C=O) groups is 1. The molecule has 0 bridgehead atoms. The van der Waals surface area contributed by atoms with Crippen molar-refractivity contribution in [2.45, 2.75) is 58.5 Å². The summed E-state index contributed by atoms with van der Waals surface area (Å²) in [4.78, 5) is 14.6. The number of rotatable bonds is 3. The van der Waals surface area contributed by atoms with Gasteiger partial charge in [-0.25, -0.2) is 4.79 Å². The Hall–Kier alpha value is -1.22. The first kappa shape index (κ1) is 17.1. The summed E-state index contributed by atoms with van der Waals surface area (Å²) in [6, 6.07) is 5.66. The molecule has 1 heterocycles. The van der Waals surface area contributed by atoms with E-state index in [2.05, 4.69) is 39.5 Å². The van der Waals surface area contributed by atoms with Crippen molar-refractivity contribution in [3.05, 3.63) is 28.8 Å². The Morgan fingerprint density at radius 3 is 2.59 bits per heavy atom. The van der Waals surface area contributed by atoms with Gasteiger partial charge in [0.25, 0.3) is 0 Å². The average molecular weight is 324 g/mol. The molecule has 2 atom stereocenters. The largest absolute Gasteiger partial charge is 0.467 e. The van der Waals surface area contributed by atoms with Gasteiger partial charge in [0.05, 0.1) is 7.11 Å². The zero-order chi connectivity index (χ0) is 16.7. The van der Waals surface area contributed by atoms with Crippen molar-refractivity contribution in [3.8, 4) is 0 Å². The fourth-order valence-corrected chi connectivity index (χ4v) is 3.93. The van der Waals surface area contributed by atoms with Gasteiger partial charge >= 0.3 is 5.97 Å². The predicted octanol–water partition coefficient (Wildman–Crippen LogP) is 4.63. The molecule has 2 rings (SSSR count). The van der Waals surface area contributed by atoms with Gasteiger partial charge in [0.15, 0.2) is 0 Å². The average Bonchev–Trinajstić information content (AvgIpc) is 2.42. The molecular weight excluding hydrogens is 298 g/mol. The number of anilines is 1. The van der Waals surface area contributed by atoms with Crippen LogP contribution in [0.3, 0.4) is 0 Å². The molecule has 0 saturated heterocycles. The summed E-state index contributed by atoms with van der Waals surface area (Å²) in [6.45, 7) is 10.7. The summed E-state index contributed by atoms with van der Waals surface area (Å²) < 4.78 is 5.08. The zero-order valence-corrected chi connectivity index (χ0v) is 15.1. The summed E-state index contributed by atoms with van der Waals surface area (Å²) in [5.74, 6) is 0.382. The molecule has 0 aliphatic carbocycles. The van der Waals surface area contributed by atoms with Crippen LogP contribution in [0.5, 0.6) is 0 Å². The van der Waals surface area contributed by atoms with Crippen molar-refractivity contribution in [2.75, 3.05) is 12.0 Å². The van der Waals surface area contributed by atoms with Crippen LogP contribution >= 0.6 is 11.6 Å². The van der Waals surface area contributed by atoms with Gasteiger partial charge in [-0.15, -0.1) is 0 Å². The van der Waals surface area contributed by atoms with Crippen molar-refractivity contribution >= 4 is 23.3 Å². The third kappa shape index (κ3) is 2.96. The normalized spacial score (nSPS) is 21.5. The second-order valence-corrected chi connectivity index (χ2v) is 7.64. The standard InChI is InChI=1S/C18H26ClNO2/c1-11(2)16(17(21)22-6)20-15-8-7-13(19)9-14(15)12(3)10-18(20,4)5/h7-9,11-12,16H,10H2,1-6H3/t12-,16-/m1/s1. The molecule has 1 aromatic rings. The van der Waals surface area contributed by atoms with E-state index < -0.39 is 0 Å². The first-order valence-electron chi connectivity index (χ1n) is 7.85. The SMILES string of the molecule is COC(=O)[C@@H](C(C)C)N1c2ccc(Cl)cc2[C@H](C)CC1(C)C. The van der Waals surface area contributed by atoms with E-state index in [0.717, 1.165) is 17.1 Å². The van der Waals surface area contributed by atoms with Gasteiger partial charge in [0.2, 0.25) is 0 Å². The molecule has 0 spiro atoms. The Balaban J connectivity index is 2.61. The molecule has 0 N–H and O–H groups in total. The van der Waals surface area contributed by atoms with Crippen LogP contribution in [0.15, 0.2) is 18.2 Å². The monoisotopic (exact) mass is 323 g/mol. The molecule has 1 aromatic carbocycles. The van der Waals surface area contributed by atoms with Crippen LogP contribution in [-0.4, -0.2) is 24.7 Å². The third-order valence-electron chi connectivity index (χ3n) is 4.59. The molecular formula is C18H26ClNO2. The van der Waals surface area contributed by atoms with Crippen molar-refractivity contribution in [1.82, 2.24) is 0 Å². The Kier molecular flexibility index (Phi) is 4.76. The molecule has 0 radical (unpaired) electrons. The highest BCUT2D eigenvalue weighted by atomic mass is 35.5. The van der Waals surface area contributed by atoms with Crippen molar-refractivity contribution in [1.29, 1.82) is 0 Å². The number of ether oxygens (including phenoxy) is 1. The molecule has 3 nitrogen and oxygen atoms in total. The van der Waals surface area contributed by atoms with E-state index in [1.165, 1.54) is 12.7 Å². The summed E-state index contributed by atoms with van der Waals surface area (Å²) >= 11 is 6.18. The lowest BCUT2D eigenvalue weighted by molar-refractivity contribution is -0.143. The maximum absolute atomic E-state index is 12.4. The number of hydrogen-bond donors (Lipinski definition) is 0. The van der Waals surface area contributed by atoms with Crippen LogP contribution in [0.1, 0.15) is 52.5 Å². The number of halogens is 1. The van der Waals surface area contributed by atoms with E-state index in [-0.39, 0.29) is 23.5 Å². The highest BCUT2D eigenvalue weighted by molar-refractivity contribution is 6.30. The maximum Gasteiger partial charge on any atom is 0.328 e. The first-order chi connectivity index (χ1) is 10.2. The lowest BCUT2D eigenvalue weighted by Gasteiger charge is -2.51. The molecule has 0 unspecified atom stereocenters. The molecule has 0 amide bonds. The van der Waals surface area contributed by atoms with E-state index >= 15 is 0 Å². The van der Waals surface area contributed by atoms with Crippen LogP contribution in [0.2, 0.25) is 5.02 Å². The zero-order valence-electron chi connectivity index (χ0n) is 14.3. The molecule has 1 aliphatic heterocycles. The minimum Gasteiger partial charge on any atom is -0.467 e. The van der Waals surface area contributed by atoms with Gasteiger partial charge < -0.3 is 9.64 Å². The highest BCUT2D eigenvalue weighted by Gasteiger charge is 2.44. The summed E-state index contributed by atoms with van der Waals surface area (Å²) in [7, 11) is 1.46. The van der Waals surface area contributed by atoms with Crippen LogP contribution < -0.4 is 4.90 Å². The number of benzene rings is 1. The summed E-state index contributed by atoms with van der Waals surface area (Å²) in [6.07, 6.45) is 0.973. The number of carbonyl (C=O) groups excluding carboxylic acids is 1. The van der Waals surface area contributed by atoms with E-state index in [9.17, 15) is 4.79 Å². The van der Waals surface area contributed by atoms with Gasteiger partial charge in [-0.1, -0.05) is 32.4 Å². The second-order valence-electron chi connectivity index (χ2n) is 7.20. The molecule has 22 heavy (non-hydrogen) atoms. The number of hydrogen-bond acceptors (Lipinski definition) is 3. The molecule has 0 fully saturated rings. The number of methoxy groups -OCH3 is 1.